The highest BCUT2D eigenvalue weighted by atomic mass is 35.5. The smallest absolute Gasteiger partial charge is 0.326 e. The van der Waals surface area contributed by atoms with Gasteiger partial charge in [0.05, 0.1) is 17.0 Å². The van der Waals surface area contributed by atoms with Gasteiger partial charge in [0.25, 0.3) is 0 Å². The maximum Gasteiger partial charge on any atom is 0.418 e. The summed E-state index contributed by atoms with van der Waals surface area (Å²) >= 11 is 6.80. The first-order valence-electron chi connectivity index (χ1n) is 9.03. The van der Waals surface area contributed by atoms with Gasteiger partial charge in [-0.05, 0) is 47.9 Å². The molecule has 9 heteroatoms. The number of hydrogen-bond acceptors (Lipinski definition) is 3. The fourth-order valence-corrected chi connectivity index (χ4v) is 3.39. The topological polar surface area (TPSA) is 58.2 Å². The summed E-state index contributed by atoms with van der Waals surface area (Å²) in [4.78, 5) is 24.8. The third kappa shape index (κ3) is 7.91. The number of rotatable bonds is 6. The van der Waals surface area contributed by atoms with Crippen LogP contribution in [0.15, 0.2) is 47.4 Å². The summed E-state index contributed by atoms with van der Waals surface area (Å²) in [5.41, 5.74) is -0.823. The van der Waals surface area contributed by atoms with Crippen LogP contribution in [0.5, 0.6) is 0 Å². The van der Waals surface area contributed by atoms with Crippen LogP contribution in [0.3, 0.4) is 0 Å². The van der Waals surface area contributed by atoms with Crippen molar-refractivity contribution >= 4 is 46.6 Å². The van der Waals surface area contributed by atoms with Gasteiger partial charge in [-0.15, -0.1) is 11.8 Å². The first-order chi connectivity index (χ1) is 13.8. The number of amides is 2. The van der Waals surface area contributed by atoms with E-state index in [9.17, 15) is 22.8 Å². The Hall–Kier alpha value is -2.19. The third-order valence-electron chi connectivity index (χ3n) is 3.76. The van der Waals surface area contributed by atoms with Crippen LogP contribution in [0.25, 0.3) is 0 Å². The maximum atomic E-state index is 13.1. The number of anilines is 2. The summed E-state index contributed by atoms with van der Waals surface area (Å²) in [6.07, 6.45) is -4.25. The highest BCUT2D eigenvalue weighted by Gasteiger charge is 2.34. The normalized spacial score (nSPS) is 11.8. The lowest BCUT2D eigenvalue weighted by Gasteiger charge is -2.17. The minimum atomic E-state index is -4.63. The van der Waals surface area contributed by atoms with Crippen molar-refractivity contribution in [1.82, 2.24) is 0 Å². The molecule has 0 bridgehead atoms. The van der Waals surface area contributed by atoms with Crippen molar-refractivity contribution in [2.24, 2.45) is 5.41 Å². The van der Waals surface area contributed by atoms with E-state index in [4.69, 9.17) is 11.6 Å². The largest absolute Gasteiger partial charge is 0.418 e. The Labute approximate surface area is 182 Å². The molecule has 0 atom stereocenters. The lowest BCUT2D eigenvalue weighted by molar-refractivity contribution is -0.137. The highest BCUT2D eigenvalue weighted by Crippen LogP contribution is 2.36. The van der Waals surface area contributed by atoms with Crippen molar-refractivity contribution in [3.05, 3.63) is 53.1 Å². The van der Waals surface area contributed by atoms with Crippen LogP contribution in [0.1, 0.15) is 32.8 Å². The molecule has 2 aromatic carbocycles. The molecule has 0 aromatic heterocycles. The molecule has 0 aliphatic heterocycles. The molecular formula is C21H22ClF3N2O2S. The van der Waals surface area contributed by atoms with Gasteiger partial charge in [0.15, 0.2) is 0 Å². The summed E-state index contributed by atoms with van der Waals surface area (Å²) in [5, 5.41) is 5.02. The van der Waals surface area contributed by atoms with Gasteiger partial charge < -0.3 is 10.6 Å². The van der Waals surface area contributed by atoms with Gasteiger partial charge in [0.2, 0.25) is 11.8 Å². The minimum Gasteiger partial charge on any atom is -0.326 e. The Balaban J connectivity index is 1.92. The van der Waals surface area contributed by atoms with Crippen molar-refractivity contribution in [3.8, 4) is 0 Å². The van der Waals surface area contributed by atoms with Crippen molar-refractivity contribution in [3.63, 3.8) is 0 Å². The molecular weight excluding hydrogens is 437 g/mol. The average molecular weight is 459 g/mol. The SMILES string of the molecule is CC(C)(C)CC(=O)Nc1ccc(SCC(=O)Nc2ccc(Cl)cc2C(F)(F)F)cc1. The second-order valence-electron chi connectivity index (χ2n) is 7.83. The van der Waals surface area contributed by atoms with E-state index in [1.54, 1.807) is 24.3 Å². The molecule has 0 aliphatic rings. The molecule has 30 heavy (non-hydrogen) atoms. The van der Waals surface area contributed by atoms with Gasteiger partial charge in [0, 0.05) is 22.0 Å². The molecule has 0 unspecified atom stereocenters. The molecule has 0 spiro atoms. The van der Waals surface area contributed by atoms with Gasteiger partial charge in [-0.25, -0.2) is 0 Å². The van der Waals surface area contributed by atoms with E-state index in [1.165, 1.54) is 17.8 Å². The second kappa shape index (κ2) is 9.75. The van der Waals surface area contributed by atoms with Crippen LogP contribution in [0.2, 0.25) is 5.02 Å². The van der Waals surface area contributed by atoms with E-state index < -0.39 is 17.6 Å². The molecule has 0 aliphatic carbocycles. The lowest BCUT2D eigenvalue weighted by Crippen LogP contribution is -2.19. The average Bonchev–Trinajstić information content (AvgIpc) is 2.60. The Kier molecular flexibility index (Phi) is 7.82. The molecule has 0 radical (unpaired) electrons. The number of nitrogens with one attached hydrogen (secondary N) is 2. The third-order valence-corrected chi connectivity index (χ3v) is 5.01. The van der Waals surface area contributed by atoms with Crippen LogP contribution < -0.4 is 10.6 Å². The van der Waals surface area contributed by atoms with Gasteiger partial charge in [-0.1, -0.05) is 32.4 Å². The number of alkyl halides is 3. The molecule has 0 heterocycles. The van der Waals surface area contributed by atoms with E-state index in [0.717, 1.165) is 17.0 Å². The first kappa shape index (κ1) is 24.1. The van der Waals surface area contributed by atoms with E-state index in [1.807, 2.05) is 20.8 Å². The Morgan fingerprint density at radius 3 is 2.17 bits per heavy atom. The summed E-state index contributed by atoms with van der Waals surface area (Å²) < 4.78 is 39.3. The van der Waals surface area contributed by atoms with Crippen molar-refractivity contribution in [2.75, 3.05) is 16.4 Å². The highest BCUT2D eigenvalue weighted by molar-refractivity contribution is 8.00. The van der Waals surface area contributed by atoms with Crippen LogP contribution in [0.4, 0.5) is 24.5 Å². The molecule has 2 N–H and O–H groups in total. The zero-order chi connectivity index (χ0) is 22.5. The Morgan fingerprint density at radius 2 is 1.60 bits per heavy atom. The zero-order valence-electron chi connectivity index (χ0n) is 16.7. The number of hydrogen-bond donors (Lipinski definition) is 2. The monoisotopic (exact) mass is 458 g/mol. The number of halogens is 4. The molecule has 0 fully saturated rings. The summed E-state index contributed by atoms with van der Waals surface area (Å²) in [6, 6.07) is 10.1. The summed E-state index contributed by atoms with van der Waals surface area (Å²) in [6.45, 7) is 5.91. The molecule has 0 saturated heterocycles. The van der Waals surface area contributed by atoms with Gasteiger partial charge in [-0.2, -0.15) is 13.2 Å². The minimum absolute atomic E-state index is 0.0654. The van der Waals surface area contributed by atoms with Crippen molar-refractivity contribution < 1.29 is 22.8 Å². The lowest BCUT2D eigenvalue weighted by atomic mass is 9.92. The van der Waals surface area contributed by atoms with E-state index >= 15 is 0 Å². The van der Waals surface area contributed by atoms with Crippen LogP contribution in [-0.4, -0.2) is 17.6 Å². The van der Waals surface area contributed by atoms with Crippen molar-refractivity contribution in [1.29, 1.82) is 0 Å². The van der Waals surface area contributed by atoms with Crippen LogP contribution >= 0.6 is 23.4 Å². The quantitative estimate of drug-likeness (QED) is 0.488. The van der Waals surface area contributed by atoms with Gasteiger partial charge in [-0.3, -0.25) is 9.59 Å². The number of thioether (sulfide) groups is 1. The standard InChI is InChI=1S/C21H22ClF3N2O2S/c1-20(2,3)11-18(28)26-14-5-7-15(8-6-14)30-12-19(29)27-17-9-4-13(22)10-16(17)21(23,24)25/h4-10H,11-12H2,1-3H3,(H,26,28)(H,27,29). The molecule has 162 valence electrons. The summed E-state index contributed by atoms with van der Waals surface area (Å²) in [5.74, 6) is -0.739. The van der Waals surface area contributed by atoms with E-state index in [0.29, 0.717) is 12.1 Å². The Bertz CT molecular complexity index is 910. The van der Waals surface area contributed by atoms with E-state index in [-0.39, 0.29) is 27.8 Å². The fourth-order valence-electron chi connectivity index (χ4n) is 2.52. The summed E-state index contributed by atoms with van der Waals surface area (Å²) in [7, 11) is 0. The maximum absolute atomic E-state index is 13.1. The number of benzene rings is 2. The molecule has 2 rings (SSSR count). The molecule has 2 amide bonds. The fraction of sp³-hybridized carbons (Fsp3) is 0.333. The Morgan fingerprint density at radius 1 is 0.967 bits per heavy atom. The first-order valence-corrected chi connectivity index (χ1v) is 10.4. The van der Waals surface area contributed by atoms with Crippen LogP contribution in [-0.2, 0) is 15.8 Å². The molecule has 4 nitrogen and oxygen atoms in total. The predicted octanol–water partition coefficient (Wildman–Crippen LogP) is 6.46. The second-order valence-corrected chi connectivity index (χ2v) is 9.32. The van der Waals surface area contributed by atoms with Gasteiger partial charge in [0.1, 0.15) is 0 Å². The number of carbonyl (C=O) groups is 2. The van der Waals surface area contributed by atoms with Crippen LogP contribution in [0, 0.1) is 5.41 Å². The number of carbonyl (C=O) groups excluding carboxylic acids is 2. The molecule has 0 saturated carbocycles. The predicted molar refractivity (Wildman–Crippen MR) is 115 cm³/mol. The van der Waals surface area contributed by atoms with E-state index in [2.05, 4.69) is 10.6 Å². The van der Waals surface area contributed by atoms with Crippen molar-refractivity contribution in [2.45, 2.75) is 38.3 Å². The zero-order valence-corrected chi connectivity index (χ0v) is 18.3. The molecule has 2 aromatic rings. The van der Waals surface area contributed by atoms with Gasteiger partial charge >= 0.3 is 6.18 Å².